The van der Waals surface area contributed by atoms with Crippen LogP contribution in [-0.4, -0.2) is 85.2 Å². The van der Waals surface area contributed by atoms with Crippen molar-refractivity contribution in [3.05, 3.63) is 88.4 Å². The highest BCUT2D eigenvalue weighted by atomic mass is 35.5. The van der Waals surface area contributed by atoms with Crippen molar-refractivity contribution in [3.8, 4) is 0 Å². The molecule has 1 unspecified atom stereocenters. The van der Waals surface area contributed by atoms with Gasteiger partial charge in [0.1, 0.15) is 5.92 Å². The predicted molar refractivity (Wildman–Crippen MR) is 161 cm³/mol. The van der Waals surface area contributed by atoms with Crippen LogP contribution in [0.4, 0.5) is 17.1 Å². The lowest BCUT2D eigenvalue weighted by molar-refractivity contribution is -0.136. The monoisotopic (exact) mass is 573 g/mol. The summed E-state index contributed by atoms with van der Waals surface area (Å²) >= 11 is 6.17. The topological polar surface area (TPSA) is 106 Å². The molecule has 5 rings (SSSR count). The summed E-state index contributed by atoms with van der Waals surface area (Å²) in [7, 11) is 3.85. The zero-order valence-electron chi connectivity index (χ0n) is 23.0. The number of hydrogen-bond acceptors (Lipinski definition) is 6. The fraction of sp³-hybridized carbons (Fsp3) is 0.290. The van der Waals surface area contributed by atoms with Crippen molar-refractivity contribution in [3.63, 3.8) is 0 Å². The third-order valence-corrected chi connectivity index (χ3v) is 7.75. The molecule has 10 heteroatoms. The molecule has 0 aliphatic carbocycles. The van der Waals surface area contributed by atoms with Crippen molar-refractivity contribution < 1.29 is 19.5 Å². The first kappa shape index (κ1) is 28.5. The van der Waals surface area contributed by atoms with Crippen molar-refractivity contribution in [2.24, 2.45) is 4.99 Å². The summed E-state index contributed by atoms with van der Waals surface area (Å²) in [5.74, 6) is -1.88. The average Bonchev–Trinajstić information content (AvgIpc) is 3.27. The largest absolute Gasteiger partial charge is 0.481 e. The van der Waals surface area contributed by atoms with E-state index in [0.717, 1.165) is 37.4 Å². The number of anilines is 2. The quantitative estimate of drug-likeness (QED) is 0.394. The number of carboxylic acid groups (broad SMARTS) is 1. The first-order valence-electron chi connectivity index (χ1n) is 13.5. The predicted octanol–water partition coefficient (Wildman–Crippen LogP) is 4.03. The molecule has 41 heavy (non-hydrogen) atoms. The van der Waals surface area contributed by atoms with Gasteiger partial charge in [0.05, 0.1) is 24.4 Å². The summed E-state index contributed by atoms with van der Waals surface area (Å²) in [5.41, 5.74) is 4.45. The van der Waals surface area contributed by atoms with E-state index in [2.05, 4.69) is 22.2 Å². The number of carbonyl (C=O) groups excluding carboxylic acids is 2. The number of aliphatic carboxylic acids is 1. The van der Waals surface area contributed by atoms with Gasteiger partial charge in [-0.3, -0.25) is 24.3 Å². The molecule has 2 heterocycles. The molecule has 9 nitrogen and oxygen atoms in total. The average molecular weight is 574 g/mol. The SMILES string of the molecule is CN1CCN(CC(=O)N(C)c2ccc(N=C(c3cccc(CC(=O)O)c3)C3C(=O)Nc4cc(Cl)ccc43)cc2)CC1. The van der Waals surface area contributed by atoms with Gasteiger partial charge in [0.15, 0.2) is 0 Å². The molecule has 3 aromatic rings. The lowest BCUT2D eigenvalue weighted by Gasteiger charge is -2.32. The van der Waals surface area contributed by atoms with Crippen molar-refractivity contribution in [2.45, 2.75) is 12.3 Å². The minimum Gasteiger partial charge on any atom is -0.481 e. The van der Waals surface area contributed by atoms with E-state index in [9.17, 15) is 19.5 Å². The Labute approximate surface area is 244 Å². The van der Waals surface area contributed by atoms with E-state index in [-0.39, 0.29) is 18.2 Å². The van der Waals surface area contributed by atoms with E-state index in [1.54, 1.807) is 48.3 Å². The molecule has 0 radical (unpaired) electrons. The summed E-state index contributed by atoms with van der Waals surface area (Å²) < 4.78 is 0. The van der Waals surface area contributed by atoms with Gasteiger partial charge in [-0.15, -0.1) is 0 Å². The molecule has 1 saturated heterocycles. The third kappa shape index (κ3) is 6.65. The number of fused-ring (bicyclic) bond motifs is 1. The molecule has 0 spiro atoms. The van der Waals surface area contributed by atoms with Crippen LogP contribution in [0.3, 0.4) is 0 Å². The van der Waals surface area contributed by atoms with Crippen LogP contribution in [0.2, 0.25) is 5.02 Å². The second-order valence-electron chi connectivity index (χ2n) is 10.5. The molecule has 2 aliphatic heterocycles. The Balaban J connectivity index is 1.44. The van der Waals surface area contributed by atoms with Crippen LogP contribution >= 0.6 is 11.6 Å². The number of carboxylic acids is 1. The molecule has 1 atom stereocenters. The Morgan fingerprint density at radius 3 is 2.49 bits per heavy atom. The van der Waals surface area contributed by atoms with Crippen molar-refractivity contribution in [2.75, 3.05) is 57.0 Å². The molecule has 212 valence electrons. The Morgan fingerprint density at radius 1 is 1.05 bits per heavy atom. The zero-order chi connectivity index (χ0) is 29.1. The molecule has 2 aliphatic rings. The number of nitrogens with zero attached hydrogens (tertiary/aromatic N) is 4. The van der Waals surface area contributed by atoms with Gasteiger partial charge >= 0.3 is 5.97 Å². The third-order valence-electron chi connectivity index (χ3n) is 7.51. The minimum atomic E-state index is -0.943. The number of nitrogens with one attached hydrogen (secondary N) is 1. The molecular formula is C31H32ClN5O4. The van der Waals surface area contributed by atoms with Crippen molar-refractivity contribution in [1.82, 2.24) is 9.80 Å². The first-order valence-corrected chi connectivity index (χ1v) is 13.8. The molecular weight excluding hydrogens is 542 g/mol. The second-order valence-corrected chi connectivity index (χ2v) is 10.9. The highest BCUT2D eigenvalue weighted by Crippen LogP contribution is 2.38. The van der Waals surface area contributed by atoms with Gasteiger partial charge in [-0.25, -0.2) is 0 Å². The Bertz CT molecular complexity index is 1500. The fourth-order valence-electron chi connectivity index (χ4n) is 5.15. The standard InChI is InChI=1S/C31H32ClN5O4/c1-35-12-14-37(15-13-35)19-27(38)36(2)24-9-7-23(8-10-24)33-30(21-5-3-4-20(16-21)17-28(39)40)29-25-11-6-22(32)18-26(25)34-31(29)41/h3-11,16,18,29H,12-15,17,19H2,1-2H3,(H,34,41)(H,39,40). The second kappa shape index (κ2) is 12.2. The number of aliphatic imine (C=N–C) groups is 1. The maximum absolute atomic E-state index is 13.2. The molecule has 2 amide bonds. The van der Waals surface area contributed by atoms with E-state index in [1.807, 2.05) is 30.3 Å². The number of rotatable bonds is 8. The van der Waals surface area contributed by atoms with Crippen LogP contribution in [-0.2, 0) is 20.8 Å². The lowest BCUT2D eigenvalue weighted by atomic mass is 9.89. The molecule has 0 aromatic heterocycles. The molecule has 3 aromatic carbocycles. The van der Waals surface area contributed by atoms with Crippen LogP contribution in [0.1, 0.15) is 22.6 Å². The Hall–Kier alpha value is -4.05. The summed E-state index contributed by atoms with van der Waals surface area (Å²) in [6, 6.07) is 19.6. The number of hydrogen-bond donors (Lipinski definition) is 2. The van der Waals surface area contributed by atoms with E-state index >= 15 is 0 Å². The smallest absolute Gasteiger partial charge is 0.307 e. The highest BCUT2D eigenvalue weighted by molar-refractivity contribution is 6.31. The van der Waals surface area contributed by atoms with E-state index < -0.39 is 11.9 Å². The first-order chi connectivity index (χ1) is 19.7. The number of amides is 2. The van der Waals surface area contributed by atoms with Crippen molar-refractivity contribution in [1.29, 1.82) is 0 Å². The number of piperazine rings is 1. The van der Waals surface area contributed by atoms with Crippen LogP contribution < -0.4 is 10.2 Å². The van der Waals surface area contributed by atoms with E-state index in [1.165, 1.54) is 0 Å². The zero-order valence-corrected chi connectivity index (χ0v) is 23.8. The normalized spacial score (nSPS) is 17.7. The lowest BCUT2D eigenvalue weighted by Crippen LogP contribution is -2.48. The van der Waals surface area contributed by atoms with Gasteiger partial charge in [0.25, 0.3) is 0 Å². The van der Waals surface area contributed by atoms with Gasteiger partial charge in [-0.05, 0) is 66.2 Å². The summed E-state index contributed by atoms with van der Waals surface area (Å²) in [4.78, 5) is 48.5. The van der Waals surface area contributed by atoms with Crippen LogP contribution in [0.15, 0.2) is 71.7 Å². The van der Waals surface area contributed by atoms with Gasteiger partial charge in [0.2, 0.25) is 11.8 Å². The van der Waals surface area contributed by atoms with Crippen LogP contribution in [0.25, 0.3) is 0 Å². The van der Waals surface area contributed by atoms with Gasteiger partial charge in [-0.2, -0.15) is 0 Å². The molecule has 1 fully saturated rings. The maximum Gasteiger partial charge on any atom is 0.307 e. The summed E-state index contributed by atoms with van der Waals surface area (Å²) in [5, 5.41) is 12.7. The minimum absolute atomic E-state index is 0.0135. The Morgan fingerprint density at radius 2 is 1.78 bits per heavy atom. The molecule has 2 N–H and O–H groups in total. The number of likely N-dealkylation sites (N-methyl/N-ethyl adjacent to an activating group) is 2. The van der Waals surface area contributed by atoms with E-state index in [4.69, 9.17) is 16.6 Å². The highest BCUT2D eigenvalue weighted by Gasteiger charge is 2.35. The summed E-state index contributed by atoms with van der Waals surface area (Å²) in [6.07, 6.45) is -0.145. The summed E-state index contributed by atoms with van der Waals surface area (Å²) in [6.45, 7) is 3.99. The van der Waals surface area contributed by atoms with Gasteiger partial charge in [-0.1, -0.05) is 35.9 Å². The Kier molecular flexibility index (Phi) is 8.49. The van der Waals surface area contributed by atoms with Gasteiger partial charge in [0, 0.05) is 49.6 Å². The van der Waals surface area contributed by atoms with Crippen molar-refractivity contribution >= 4 is 52.2 Å². The molecule has 0 bridgehead atoms. The fourth-order valence-corrected chi connectivity index (χ4v) is 5.33. The molecule has 0 saturated carbocycles. The van der Waals surface area contributed by atoms with Gasteiger partial charge < -0.3 is 20.2 Å². The number of benzene rings is 3. The number of halogens is 1. The van der Waals surface area contributed by atoms with Crippen LogP contribution in [0, 0.1) is 0 Å². The van der Waals surface area contributed by atoms with Crippen LogP contribution in [0.5, 0.6) is 0 Å². The maximum atomic E-state index is 13.2. The number of carbonyl (C=O) groups is 3. The van der Waals surface area contributed by atoms with E-state index in [0.29, 0.717) is 39.8 Å².